The van der Waals surface area contributed by atoms with Crippen LogP contribution in [-0.2, 0) is 11.2 Å². The molecule has 90 valence electrons. The standard InChI is InChI=1S/C13H16N2O2/c1-3-11(9-14)15-13(16)8-10-4-6-12(17-2)7-5-10/h4-7,11H,3,8H2,1-2H3,(H,15,16). The summed E-state index contributed by atoms with van der Waals surface area (Å²) < 4.78 is 5.03. The Hall–Kier alpha value is -2.02. The van der Waals surface area contributed by atoms with Crippen LogP contribution in [0.4, 0.5) is 0 Å². The molecular formula is C13H16N2O2. The molecule has 1 rings (SSSR count). The topological polar surface area (TPSA) is 62.1 Å². The summed E-state index contributed by atoms with van der Waals surface area (Å²) in [5.74, 6) is 0.626. The van der Waals surface area contributed by atoms with Gasteiger partial charge in [0.1, 0.15) is 11.8 Å². The minimum Gasteiger partial charge on any atom is -0.497 e. The van der Waals surface area contributed by atoms with Crippen LogP contribution in [0, 0.1) is 11.3 Å². The highest BCUT2D eigenvalue weighted by molar-refractivity contribution is 5.79. The average molecular weight is 232 g/mol. The van der Waals surface area contributed by atoms with Crippen molar-refractivity contribution in [2.24, 2.45) is 0 Å². The third kappa shape index (κ3) is 4.15. The summed E-state index contributed by atoms with van der Waals surface area (Å²) in [5, 5.41) is 11.4. The second-order valence-electron chi connectivity index (χ2n) is 3.68. The number of nitriles is 1. The molecular weight excluding hydrogens is 216 g/mol. The first-order valence-electron chi connectivity index (χ1n) is 5.51. The van der Waals surface area contributed by atoms with Crippen LogP contribution in [0.3, 0.4) is 0 Å². The van der Waals surface area contributed by atoms with Gasteiger partial charge in [-0.05, 0) is 24.1 Å². The predicted molar refractivity (Wildman–Crippen MR) is 64.5 cm³/mol. The zero-order valence-electron chi connectivity index (χ0n) is 10.1. The second-order valence-corrected chi connectivity index (χ2v) is 3.68. The van der Waals surface area contributed by atoms with Gasteiger partial charge in [-0.2, -0.15) is 5.26 Å². The molecule has 1 N–H and O–H groups in total. The van der Waals surface area contributed by atoms with E-state index in [1.165, 1.54) is 0 Å². The monoisotopic (exact) mass is 232 g/mol. The summed E-state index contributed by atoms with van der Waals surface area (Å²) >= 11 is 0. The van der Waals surface area contributed by atoms with Crippen molar-refractivity contribution in [2.45, 2.75) is 25.8 Å². The van der Waals surface area contributed by atoms with Gasteiger partial charge in [-0.1, -0.05) is 19.1 Å². The van der Waals surface area contributed by atoms with Gasteiger partial charge in [0.15, 0.2) is 0 Å². The fourth-order valence-corrected chi connectivity index (χ4v) is 1.40. The molecule has 0 saturated carbocycles. The molecule has 1 unspecified atom stereocenters. The maximum atomic E-state index is 11.6. The zero-order chi connectivity index (χ0) is 12.7. The Morgan fingerprint density at radius 3 is 2.59 bits per heavy atom. The molecule has 4 nitrogen and oxygen atoms in total. The number of hydrogen-bond donors (Lipinski definition) is 1. The molecule has 1 aromatic rings. The van der Waals surface area contributed by atoms with Crippen LogP contribution in [0.15, 0.2) is 24.3 Å². The van der Waals surface area contributed by atoms with Crippen LogP contribution < -0.4 is 10.1 Å². The predicted octanol–water partition coefficient (Wildman–Crippen LogP) is 1.66. The maximum Gasteiger partial charge on any atom is 0.225 e. The van der Waals surface area contributed by atoms with E-state index in [9.17, 15) is 4.79 Å². The highest BCUT2D eigenvalue weighted by atomic mass is 16.5. The summed E-state index contributed by atoms with van der Waals surface area (Å²) in [6.07, 6.45) is 0.896. The van der Waals surface area contributed by atoms with Crippen molar-refractivity contribution in [3.63, 3.8) is 0 Å². The Bertz CT molecular complexity index is 406. The Morgan fingerprint density at radius 1 is 1.47 bits per heavy atom. The van der Waals surface area contributed by atoms with E-state index in [0.29, 0.717) is 6.42 Å². The van der Waals surface area contributed by atoms with Crippen molar-refractivity contribution >= 4 is 5.91 Å². The molecule has 1 amide bonds. The van der Waals surface area contributed by atoms with Crippen LogP contribution in [0.2, 0.25) is 0 Å². The maximum absolute atomic E-state index is 11.6. The molecule has 0 radical (unpaired) electrons. The second kappa shape index (κ2) is 6.54. The minimum atomic E-state index is -0.402. The van der Waals surface area contributed by atoms with Gasteiger partial charge in [-0.3, -0.25) is 4.79 Å². The first kappa shape index (κ1) is 13.0. The molecule has 17 heavy (non-hydrogen) atoms. The molecule has 0 aliphatic carbocycles. The van der Waals surface area contributed by atoms with E-state index in [2.05, 4.69) is 5.32 Å². The molecule has 0 heterocycles. The van der Waals surface area contributed by atoms with Crippen molar-refractivity contribution in [1.29, 1.82) is 5.26 Å². The third-order valence-electron chi connectivity index (χ3n) is 2.42. The van der Waals surface area contributed by atoms with Crippen molar-refractivity contribution < 1.29 is 9.53 Å². The van der Waals surface area contributed by atoms with Gasteiger partial charge in [-0.25, -0.2) is 0 Å². The Balaban J connectivity index is 2.53. The number of rotatable bonds is 5. The molecule has 0 aromatic heterocycles. The largest absolute Gasteiger partial charge is 0.497 e. The summed E-state index contributed by atoms with van der Waals surface area (Å²) in [7, 11) is 1.60. The smallest absolute Gasteiger partial charge is 0.225 e. The lowest BCUT2D eigenvalue weighted by Gasteiger charge is -2.09. The number of nitrogens with one attached hydrogen (secondary N) is 1. The molecule has 1 atom stereocenters. The molecule has 0 aliphatic heterocycles. The van der Waals surface area contributed by atoms with Gasteiger partial charge >= 0.3 is 0 Å². The molecule has 0 bridgehead atoms. The first-order chi connectivity index (χ1) is 8.19. The van der Waals surface area contributed by atoms with Gasteiger partial charge in [0.25, 0.3) is 0 Å². The number of nitrogens with zero attached hydrogens (tertiary/aromatic N) is 1. The van der Waals surface area contributed by atoms with Crippen LogP contribution in [0.5, 0.6) is 5.75 Å². The number of benzene rings is 1. The van der Waals surface area contributed by atoms with Crippen molar-refractivity contribution in [1.82, 2.24) is 5.32 Å². The summed E-state index contributed by atoms with van der Waals surface area (Å²) in [5.41, 5.74) is 0.899. The van der Waals surface area contributed by atoms with Crippen LogP contribution in [0.25, 0.3) is 0 Å². The van der Waals surface area contributed by atoms with E-state index in [0.717, 1.165) is 11.3 Å². The van der Waals surface area contributed by atoms with Gasteiger partial charge in [0.05, 0.1) is 19.6 Å². The van der Waals surface area contributed by atoms with Crippen LogP contribution in [0.1, 0.15) is 18.9 Å². The van der Waals surface area contributed by atoms with Gasteiger partial charge in [0, 0.05) is 0 Å². The van der Waals surface area contributed by atoms with Crippen molar-refractivity contribution in [3.05, 3.63) is 29.8 Å². The van der Waals surface area contributed by atoms with Crippen LogP contribution >= 0.6 is 0 Å². The SMILES string of the molecule is CCC(C#N)NC(=O)Cc1ccc(OC)cc1. The highest BCUT2D eigenvalue weighted by Gasteiger charge is 2.09. The van der Waals surface area contributed by atoms with E-state index in [-0.39, 0.29) is 12.3 Å². The molecule has 4 heteroatoms. The Kier molecular flexibility index (Phi) is 5.02. The summed E-state index contributed by atoms with van der Waals surface area (Å²) in [6.45, 7) is 1.86. The number of amides is 1. The summed E-state index contributed by atoms with van der Waals surface area (Å²) in [6, 6.07) is 8.93. The molecule has 0 aliphatic rings. The quantitative estimate of drug-likeness (QED) is 0.839. The van der Waals surface area contributed by atoms with E-state index in [1.54, 1.807) is 7.11 Å². The van der Waals surface area contributed by atoms with E-state index in [4.69, 9.17) is 10.00 Å². The summed E-state index contributed by atoms with van der Waals surface area (Å²) in [4.78, 5) is 11.6. The third-order valence-corrected chi connectivity index (χ3v) is 2.42. The lowest BCUT2D eigenvalue weighted by Crippen LogP contribution is -2.34. The minimum absolute atomic E-state index is 0.136. The Morgan fingerprint density at radius 2 is 2.12 bits per heavy atom. The van der Waals surface area contributed by atoms with Crippen LogP contribution in [-0.4, -0.2) is 19.1 Å². The number of hydrogen-bond acceptors (Lipinski definition) is 3. The van der Waals surface area contributed by atoms with E-state index in [1.807, 2.05) is 37.3 Å². The number of ether oxygens (including phenoxy) is 1. The highest BCUT2D eigenvalue weighted by Crippen LogP contribution is 2.11. The van der Waals surface area contributed by atoms with Gasteiger partial charge < -0.3 is 10.1 Å². The Labute approximate surface area is 101 Å². The van der Waals surface area contributed by atoms with E-state index < -0.39 is 6.04 Å². The van der Waals surface area contributed by atoms with Gasteiger partial charge in [-0.15, -0.1) is 0 Å². The molecule has 1 aromatic carbocycles. The normalized spacial score (nSPS) is 11.4. The number of carbonyl (C=O) groups is 1. The van der Waals surface area contributed by atoms with Crippen molar-refractivity contribution in [3.8, 4) is 11.8 Å². The fraction of sp³-hybridized carbons (Fsp3) is 0.385. The van der Waals surface area contributed by atoms with Gasteiger partial charge in [0.2, 0.25) is 5.91 Å². The molecule has 0 saturated heterocycles. The average Bonchev–Trinajstić information content (AvgIpc) is 2.37. The molecule has 0 spiro atoms. The zero-order valence-corrected chi connectivity index (χ0v) is 10.1. The number of methoxy groups -OCH3 is 1. The lowest BCUT2D eigenvalue weighted by molar-refractivity contribution is -0.120. The number of carbonyl (C=O) groups excluding carboxylic acids is 1. The van der Waals surface area contributed by atoms with E-state index >= 15 is 0 Å². The first-order valence-corrected chi connectivity index (χ1v) is 5.51. The molecule has 0 fully saturated rings. The fourth-order valence-electron chi connectivity index (χ4n) is 1.40. The lowest BCUT2D eigenvalue weighted by atomic mass is 10.1. The van der Waals surface area contributed by atoms with Crippen molar-refractivity contribution in [2.75, 3.05) is 7.11 Å².